The summed E-state index contributed by atoms with van der Waals surface area (Å²) in [6.45, 7) is 6.58. The van der Waals surface area contributed by atoms with Crippen molar-refractivity contribution in [2.24, 2.45) is 0 Å². The van der Waals surface area contributed by atoms with Gasteiger partial charge in [0.15, 0.2) is 11.0 Å². The maximum absolute atomic E-state index is 12.7. The molecule has 0 spiro atoms. The largest absolute Gasteiger partial charge is 0.322 e. The molecule has 4 rings (SSSR count). The molecule has 0 aliphatic rings. The highest BCUT2D eigenvalue weighted by molar-refractivity contribution is 7.99. The van der Waals surface area contributed by atoms with E-state index in [9.17, 15) is 4.79 Å². The standard InChI is InChI=1S/C22H23N7OS/c1-4-28-21(17-10-12-23-13-11-17)25-26-22(28)31-14-19(30)24-20-15(2)27-29(16(20)3)18-8-6-5-7-9-18/h5-13H,4,14H2,1-3H3,(H,24,30). The fourth-order valence-electron chi connectivity index (χ4n) is 3.34. The van der Waals surface area contributed by atoms with Gasteiger partial charge in [-0.1, -0.05) is 30.0 Å². The van der Waals surface area contributed by atoms with E-state index in [-0.39, 0.29) is 11.7 Å². The lowest BCUT2D eigenvalue weighted by atomic mass is 10.2. The zero-order chi connectivity index (χ0) is 21.8. The molecule has 8 nitrogen and oxygen atoms in total. The van der Waals surface area contributed by atoms with Crippen molar-refractivity contribution in [1.82, 2.24) is 29.5 Å². The van der Waals surface area contributed by atoms with E-state index in [0.29, 0.717) is 11.7 Å². The number of benzene rings is 1. The van der Waals surface area contributed by atoms with Gasteiger partial charge in [-0.2, -0.15) is 5.10 Å². The molecule has 0 fully saturated rings. The van der Waals surface area contributed by atoms with Crippen LogP contribution in [0.5, 0.6) is 0 Å². The Morgan fingerprint density at radius 1 is 1.06 bits per heavy atom. The van der Waals surface area contributed by atoms with Crippen LogP contribution in [0.25, 0.3) is 17.1 Å². The van der Waals surface area contributed by atoms with Crippen LogP contribution in [-0.4, -0.2) is 41.2 Å². The summed E-state index contributed by atoms with van der Waals surface area (Å²) in [6.07, 6.45) is 3.45. The zero-order valence-electron chi connectivity index (χ0n) is 17.6. The number of thioether (sulfide) groups is 1. The summed E-state index contributed by atoms with van der Waals surface area (Å²) in [5, 5.41) is 16.9. The predicted octanol–water partition coefficient (Wildman–Crippen LogP) is 3.89. The van der Waals surface area contributed by atoms with Crippen LogP contribution < -0.4 is 5.32 Å². The lowest BCUT2D eigenvalue weighted by molar-refractivity contribution is -0.113. The number of hydrogen-bond acceptors (Lipinski definition) is 6. The van der Waals surface area contributed by atoms with Gasteiger partial charge < -0.3 is 9.88 Å². The fraction of sp³-hybridized carbons (Fsp3) is 0.227. The van der Waals surface area contributed by atoms with Gasteiger partial charge in [0.1, 0.15) is 0 Å². The number of nitrogens with zero attached hydrogens (tertiary/aromatic N) is 6. The molecule has 0 aliphatic heterocycles. The van der Waals surface area contributed by atoms with Crippen molar-refractivity contribution in [3.05, 3.63) is 66.2 Å². The Morgan fingerprint density at radius 3 is 2.52 bits per heavy atom. The average molecular weight is 434 g/mol. The highest BCUT2D eigenvalue weighted by Crippen LogP contribution is 2.25. The van der Waals surface area contributed by atoms with Gasteiger partial charge in [0.05, 0.1) is 28.5 Å². The fourth-order valence-corrected chi connectivity index (χ4v) is 4.15. The molecule has 1 amide bonds. The second-order valence-electron chi connectivity index (χ2n) is 6.92. The first-order chi connectivity index (χ1) is 15.1. The van der Waals surface area contributed by atoms with Crippen molar-refractivity contribution >= 4 is 23.4 Å². The van der Waals surface area contributed by atoms with Crippen LogP contribution in [0.3, 0.4) is 0 Å². The third-order valence-corrected chi connectivity index (χ3v) is 5.83. The Balaban J connectivity index is 1.46. The molecule has 0 unspecified atom stereocenters. The van der Waals surface area contributed by atoms with E-state index in [4.69, 9.17) is 0 Å². The van der Waals surface area contributed by atoms with E-state index in [0.717, 1.165) is 34.2 Å². The van der Waals surface area contributed by atoms with Crippen LogP contribution in [0.2, 0.25) is 0 Å². The number of rotatable bonds is 7. The summed E-state index contributed by atoms with van der Waals surface area (Å²) in [5.41, 5.74) is 4.30. The molecule has 1 aromatic carbocycles. The van der Waals surface area contributed by atoms with Gasteiger partial charge in [-0.3, -0.25) is 9.78 Å². The number of aromatic nitrogens is 6. The summed E-state index contributed by atoms with van der Waals surface area (Å²) in [7, 11) is 0. The van der Waals surface area contributed by atoms with Gasteiger partial charge in [0.2, 0.25) is 5.91 Å². The van der Waals surface area contributed by atoms with Crippen LogP contribution in [-0.2, 0) is 11.3 Å². The van der Waals surface area contributed by atoms with Crippen LogP contribution in [0.15, 0.2) is 60.0 Å². The van der Waals surface area contributed by atoms with Crippen molar-refractivity contribution in [2.45, 2.75) is 32.5 Å². The lowest BCUT2D eigenvalue weighted by Gasteiger charge is -2.08. The molecule has 1 N–H and O–H groups in total. The molecule has 0 saturated carbocycles. The molecule has 0 saturated heterocycles. The minimum absolute atomic E-state index is 0.111. The molecule has 158 valence electrons. The van der Waals surface area contributed by atoms with Crippen molar-refractivity contribution in [1.29, 1.82) is 0 Å². The van der Waals surface area contributed by atoms with Gasteiger partial charge >= 0.3 is 0 Å². The third-order valence-electron chi connectivity index (χ3n) is 4.86. The molecule has 9 heteroatoms. The number of hydrogen-bond donors (Lipinski definition) is 1. The molecule has 3 aromatic heterocycles. The lowest BCUT2D eigenvalue weighted by Crippen LogP contribution is -2.16. The van der Waals surface area contributed by atoms with Gasteiger partial charge in [0.25, 0.3) is 0 Å². The van der Waals surface area contributed by atoms with Gasteiger partial charge in [-0.05, 0) is 45.0 Å². The number of pyridine rings is 1. The number of carbonyl (C=O) groups is 1. The smallest absolute Gasteiger partial charge is 0.234 e. The van der Waals surface area contributed by atoms with Crippen LogP contribution >= 0.6 is 11.8 Å². The molecule has 3 heterocycles. The maximum Gasteiger partial charge on any atom is 0.234 e. The molecule has 31 heavy (non-hydrogen) atoms. The third kappa shape index (κ3) is 4.36. The van der Waals surface area contributed by atoms with Gasteiger partial charge in [-0.15, -0.1) is 10.2 Å². The second-order valence-corrected chi connectivity index (χ2v) is 7.86. The Labute approximate surface area is 184 Å². The number of nitrogens with one attached hydrogen (secondary N) is 1. The van der Waals surface area contributed by atoms with Crippen molar-refractivity contribution in [3.8, 4) is 17.1 Å². The maximum atomic E-state index is 12.7. The molecule has 0 aliphatic carbocycles. The van der Waals surface area contributed by atoms with Crippen molar-refractivity contribution in [2.75, 3.05) is 11.1 Å². The Bertz CT molecular complexity index is 1190. The monoisotopic (exact) mass is 433 g/mol. The zero-order valence-corrected chi connectivity index (χ0v) is 18.4. The molecule has 0 atom stereocenters. The molecule has 0 bridgehead atoms. The molecule has 0 radical (unpaired) electrons. The van der Waals surface area contributed by atoms with Gasteiger partial charge in [-0.25, -0.2) is 4.68 Å². The predicted molar refractivity (Wildman–Crippen MR) is 121 cm³/mol. The first-order valence-electron chi connectivity index (χ1n) is 9.96. The molecular weight excluding hydrogens is 410 g/mol. The summed E-state index contributed by atoms with van der Waals surface area (Å²) in [6, 6.07) is 13.7. The SMILES string of the molecule is CCn1c(SCC(=O)Nc2c(C)nn(-c3ccccc3)c2C)nnc1-c1ccncc1. The normalized spacial score (nSPS) is 10.9. The Kier molecular flexibility index (Phi) is 6.13. The number of anilines is 1. The van der Waals surface area contributed by atoms with E-state index >= 15 is 0 Å². The highest BCUT2D eigenvalue weighted by Gasteiger charge is 2.17. The molecule has 4 aromatic rings. The Morgan fingerprint density at radius 2 is 1.81 bits per heavy atom. The second kappa shape index (κ2) is 9.13. The van der Waals surface area contributed by atoms with E-state index in [1.54, 1.807) is 12.4 Å². The van der Waals surface area contributed by atoms with Crippen LogP contribution in [0.1, 0.15) is 18.3 Å². The average Bonchev–Trinajstić information content (AvgIpc) is 3.34. The summed E-state index contributed by atoms with van der Waals surface area (Å²) in [4.78, 5) is 16.7. The summed E-state index contributed by atoms with van der Waals surface area (Å²) in [5.74, 6) is 0.882. The number of aryl methyl sites for hydroxylation is 1. The summed E-state index contributed by atoms with van der Waals surface area (Å²) < 4.78 is 3.84. The topological polar surface area (TPSA) is 90.5 Å². The minimum Gasteiger partial charge on any atom is -0.322 e. The van der Waals surface area contributed by atoms with Crippen molar-refractivity contribution < 1.29 is 4.79 Å². The van der Waals surface area contributed by atoms with E-state index < -0.39 is 0 Å². The minimum atomic E-state index is -0.111. The first kappa shape index (κ1) is 20.8. The number of amides is 1. The Hall–Kier alpha value is -3.46. The van der Waals surface area contributed by atoms with E-state index in [2.05, 4.69) is 25.6 Å². The highest BCUT2D eigenvalue weighted by atomic mass is 32.2. The molecular formula is C22H23N7OS. The van der Waals surface area contributed by atoms with Gasteiger partial charge in [0, 0.05) is 24.5 Å². The van der Waals surface area contributed by atoms with E-state index in [1.807, 2.05) is 72.5 Å². The van der Waals surface area contributed by atoms with Crippen LogP contribution in [0.4, 0.5) is 5.69 Å². The number of carbonyl (C=O) groups excluding carboxylic acids is 1. The quantitative estimate of drug-likeness (QED) is 0.445. The van der Waals surface area contributed by atoms with Crippen LogP contribution in [0, 0.1) is 13.8 Å². The van der Waals surface area contributed by atoms with Crippen molar-refractivity contribution in [3.63, 3.8) is 0 Å². The van der Waals surface area contributed by atoms with E-state index in [1.165, 1.54) is 11.8 Å². The first-order valence-corrected chi connectivity index (χ1v) is 10.9. The summed E-state index contributed by atoms with van der Waals surface area (Å²) >= 11 is 1.36. The number of para-hydroxylation sites is 1.